The van der Waals surface area contributed by atoms with Crippen LogP contribution in [0.4, 0.5) is 0 Å². The number of carbonyl (C=O) groups is 1. The van der Waals surface area contributed by atoms with E-state index in [4.69, 9.17) is 4.74 Å². The van der Waals surface area contributed by atoms with Crippen molar-refractivity contribution in [2.75, 3.05) is 40.3 Å². The maximum absolute atomic E-state index is 13.0. The highest BCUT2D eigenvalue weighted by Crippen LogP contribution is 2.23. The standard InChI is InChI=1S/C19H21N7O2.ClH/c1-24-8-10-25(11-9-24)19(27)16-12-17(15-4-3-7-21-22-15)26(23-16)14-5-6-18(28-2)20-13-14;/h3-7,12-13H,8-11H2,1-2H3;1H. The van der Waals surface area contributed by atoms with Crippen molar-refractivity contribution < 1.29 is 9.53 Å². The Labute approximate surface area is 174 Å². The molecule has 0 bridgehead atoms. The van der Waals surface area contributed by atoms with E-state index < -0.39 is 0 Å². The zero-order valence-corrected chi connectivity index (χ0v) is 17.0. The molecule has 10 heteroatoms. The van der Waals surface area contributed by atoms with Gasteiger partial charge in [0.2, 0.25) is 5.88 Å². The molecule has 0 spiro atoms. The Hall–Kier alpha value is -3.04. The maximum atomic E-state index is 13.0. The zero-order valence-electron chi connectivity index (χ0n) is 16.2. The van der Waals surface area contributed by atoms with Crippen molar-refractivity contribution in [3.8, 4) is 23.0 Å². The topological polar surface area (TPSA) is 89.3 Å². The summed E-state index contributed by atoms with van der Waals surface area (Å²) in [5.41, 5.74) is 2.39. The Morgan fingerprint density at radius 1 is 1.14 bits per heavy atom. The Kier molecular flexibility index (Phi) is 6.40. The number of ether oxygens (including phenoxy) is 1. The first-order chi connectivity index (χ1) is 13.7. The lowest BCUT2D eigenvalue weighted by Gasteiger charge is -2.31. The summed E-state index contributed by atoms with van der Waals surface area (Å²) in [5, 5.41) is 12.7. The van der Waals surface area contributed by atoms with E-state index in [0.29, 0.717) is 41.7 Å². The number of pyridine rings is 1. The number of amides is 1. The predicted molar refractivity (Wildman–Crippen MR) is 110 cm³/mol. The van der Waals surface area contributed by atoms with E-state index in [0.717, 1.165) is 13.1 Å². The lowest BCUT2D eigenvalue weighted by atomic mass is 10.2. The van der Waals surface area contributed by atoms with Crippen molar-refractivity contribution >= 4 is 18.3 Å². The van der Waals surface area contributed by atoms with Gasteiger partial charge in [-0.2, -0.15) is 10.2 Å². The van der Waals surface area contributed by atoms with Gasteiger partial charge in [0.15, 0.2) is 5.69 Å². The van der Waals surface area contributed by atoms with Crippen molar-refractivity contribution in [2.45, 2.75) is 0 Å². The first-order valence-corrected chi connectivity index (χ1v) is 9.02. The van der Waals surface area contributed by atoms with E-state index in [2.05, 4.69) is 32.2 Å². The number of rotatable bonds is 4. The number of hydrogen-bond donors (Lipinski definition) is 0. The number of carbonyl (C=O) groups excluding carboxylic acids is 1. The number of hydrogen-bond acceptors (Lipinski definition) is 7. The maximum Gasteiger partial charge on any atom is 0.274 e. The molecule has 4 rings (SSSR count). The molecule has 0 radical (unpaired) electrons. The molecule has 0 N–H and O–H groups in total. The summed E-state index contributed by atoms with van der Waals surface area (Å²) in [6.45, 7) is 3.08. The summed E-state index contributed by atoms with van der Waals surface area (Å²) >= 11 is 0. The van der Waals surface area contributed by atoms with E-state index in [-0.39, 0.29) is 18.3 Å². The van der Waals surface area contributed by atoms with Crippen LogP contribution in [0.2, 0.25) is 0 Å². The molecular weight excluding hydrogens is 394 g/mol. The van der Waals surface area contributed by atoms with Crippen LogP contribution in [0.1, 0.15) is 10.5 Å². The highest BCUT2D eigenvalue weighted by atomic mass is 35.5. The van der Waals surface area contributed by atoms with Crippen LogP contribution in [-0.4, -0.2) is 81.0 Å². The minimum Gasteiger partial charge on any atom is -0.481 e. The molecule has 3 aromatic heterocycles. The molecular formula is C19H22ClN7O2. The Morgan fingerprint density at radius 2 is 1.93 bits per heavy atom. The average molecular weight is 416 g/mol. The fourth-order valence-electron chi connectivity index (χ4n) is 3.09. The van der Waals surface area contributed by atoms with Gasteiger partial charge in [-0.15, -0.1) is 17.5 Å². The number of halogens is 1. The second-order valence-electron chi connectivity index (χ2n) is 6.59. The molecule has 1 amide bonds. The van der Waals surface area contributed by atoms with Gasteiger partial charge in [-0.3, -0.25) is 4.79 Å². The SMILES string of the molecule is COc1ccc(-n2nc(C(=O)N3CCN(C)CC3)cc2-c2cccnn2)cn1.Cl. The minimum absolute atomic E-state index is 0. The van der Waals surface area contributed by atoms with Crippen LogP contribution in [0.3, 0.4) is 0 Å². The quantitative estimate of drug-likeness (QED) is 0.638. The molecule has 4 heterocycles. The predicted octanol–water partition coefficient (Wildman–Crippen LogP) is 1.54. The van der Waals surface area contributed by atoms with E-state index in [9.17, 15) is 4.79 Å². The summed E-state index contributed by atoms with van der Waals surface area (Å²) < 4.78 is 6.79. The van der Waals surface area contributed by atoms with E-state index in [1.807, 2.05) is 17.0 Å². The second kappa shape index (κ2) is 8.97. The number of aromatic nitrogens is 5. The van der Waals surface area contributed by atoms with Gasteiger partial charge in [-0.05, 0) is 31.3 Å². The molecule has 1 fully saturated rings. The second-order valence-corrected chi connectivity index (χ2v) is 6.59. The molecule has 152 valence electrons. The number of methoxy groups -OCH3 is 1. The number of nitrogens with zero attached hydrogens (tertiary/aromatic N) is 7. The average Bonchev–Trinajstić information content (AvgIpc) is 3.20. The van der Waals surface area contributed by atoms with Crippen LogP contribution < -0.4 is 4.74 Å². The van der Waals surface area contributed by atoms with Crippen molar-refractivity contribution in [1.29, 1.82) is 0 Å². The van der Waals surface area contributed by atoms with Crippen LogP contribution in [0, 0.1) is 0 Å². The first-order valence-electron chi connectivity index (χ1n) is 9.02. The molecule has 0 unspecified atom stereocenters. The van der Waals surface area contributed by atoms with Gasteiger partial charge in [0.05, 0.1) is 24.7 Å². The first kappa shape index (κ1) is 20.7. The lowest BCUT2D eigenvalue weighted by Crippen LogP contribution is -2.47. The minimum atomic E-state index is -0.0848. The van der Waals surface area contributed by atoms with Crippen molar-refractivity contribution in [1.82, 2.24) is 34.8 Å². The van der Waals surface area contributed by atoms with E-state index >= 15 is 0 Å². The van der Waals surface area contributed by atoms with Gasteiger partial charge < -0.3 is 14.5 Å². The van der Waals surface area contributed by atoms with Crippen molar-refractivity contribution in [2.24, 2.45) is 0 Å². The molecule has 0 aliphatic carbocycles. The fourth-order valence-corrected chi connectivity index (χ4v) is 3.09. The Balaban J connectivity index is 0.00000240. The third-order valence-corrected chi connectivity index (χ3v) is 4.73. The van der Waals surface area contributed by atoms with Crippen LogP contribution in [0.15, 0.2) is 42.7 Å². The summed E-state index contributed by atoms with van der Waals surface area (Å²) in [4.78, 5) is 21.3. The molecule has 0 saturated carbocycles. The highest BCUT2D eigenvalue weighted by Gasteiger charge is 2.24. The Morgan fingerprint density at radius 3 is 2.55 bits per heavy atom. The fraction of sp³-hybridized carbons (Fsp3) is 0.316. The molecule has 1 aliphatic heterocycles. The number of piperazine rings is 1. The molecule has 29 heavy (non-hydrogen) atoms. The molecule has 1 aliphatic rings. The van der Waals surface area contributed by atoms with Gasteiger partial charge in [0.1, 0.15) is 5.69 Å². The largest absolute Gasteiger partial charge is 0.481 e. The Bertz CT molecular complexity index is 954. The van der Waals surface area contributed by atoms with Crippen molar-refractivity contribution in [3.05, 3.63) is 48.4 Å². The highest BCUT2D eigenvalue weighted by molar-refractivity contribution is 5.93. The normalized spacial score (nSPS) is 14.3. The lowest BCUT2D eigenvalue weighted by molar-refractivity contribution is 0.0657. The molecule has 3 aromatic rings. The summed E-state index contributed by atoms with van der Waals surface area (Å²) in [5.74, 6) is 0.421. The molecule has 1 saturated heterocycles. The van der Waals surface area contributed by atoms with Gasteiger partial charge in [0.25, 0.3) is 5.91 Å². The van der Waals surface area contributed by atoms with Crippen LogP contribution in [0.5, 0.6) is 5.88 Å². The van der Waals surface area contributed by atoms with Gasteiger partial charge in [-0.1, -0.05) is 0 Å². The van der Waals surface area contributed by atoms with Crippen LogP contribution >= 0.6 is 12.4 Å². The third kappa shape index (κ3) is 4.36. The van der Waals surface area contributed by atoms with E-state index in [1.165, 1.54) is 0 Å². The smallest absolute Gasteiger partial charge is 0.274 e. The molecule has 0 aromatic carbocycles. The van der Waals surface area contributed by atoms with E-state index in [1.54, 1.807) is 42.4 Å². The van der Waals surface area contributed by atoms with Crippen LogP contribution in [-0.2, 0) is 0 Å². The van der Waals surface area contributed by atoms with Gasteiger partial charge in [0, 0.05) is 38.4 Å². The van der Waals surface area contributed by atoms with Gasteiger partial charge in [-0.25, -0.2) is 9.67 Å². The summed E-state index contributed by atoms with van der Waals surface area (Å²) in [6, 6.07) is 8.98. The zero-order chi connectivity index (χ0) is 19.5. The van der Waals surface area contributed by atoms with Crippen LogP contribution in [0.25, 0.3) is 17.1 Å². The van der Waals surface area contributed by atoms with Crippen molar-refractivity contribution in [3.63, 3.8) is 0 Å². The monoisotopic (exact) mass is 415 g/mol. The number of likely N-dealkylation sites (N-methyl/N-ethyl adjacent to an activating group) is 1. The van der Waals surface area contributed by atoms with Gasteiger partial charge >= 0.3 is 0 Å². The summed E-state index contributed by atoms with van der Waals surface area (Å²) in [6.07, 6.45) is 3.26. The molecule has 9 nitrogen and oxygen atoms in total. The third-order valence-electron chi connectivity index (χ3n) is 4.73. The molecule has 0 atom stereocenters. The summed E-state index contributed by atoms with van der Waals surface area (Å²) in [7, 11) is 3.62.